The van der Waals surface area contributed by atoms with Gasteiger partial charge in [0.1, 0.15) is 12.4 Å². The minimum absolute atomic E-state index is 0.0470. The number of aromatic nitrogens is 2. The van der Waals surface area contributed by atoms with E-state index in [2.05, 4.69) is 4.98 Å². The summed E-state index contributed by atoms with van der Waals surface area (Å²) in [4.78, 5) is 18.2. The minimum atomic E-state index is -3.39. The van der Waals surface area contributed by atoms with Crippen LogP contribution in [0, 0.1) is 5.82 Å². The van der Waals surface area contributed by atoms with E-state index in [9.17, 15) is 31.1 Å². The van der Waals surface area contributed by atoms with Gasteiger partial charge in [-0.05, 0) is 12.1 Å². The maximum absolute atomic E-state index is 13.7. The Labute approximate surface area is 161 Å². The van der Waals surface area contributed by atoms with Crippen molar-refractivity contribution in [2.75, 3.05) is 25.0 Å². The van der Waals surface area contributed by atoms with Crippen molar-refractivity contribution in [2.45, 2.75) is 37.7 Å². The molecule has 1 aromatic carbocycles. The van der Waals surface area contributed by atoms with Gasteiger partial charge >= 0.3 is 0 Å². The van der Waals surface area contributed by atoms with Crippen molar-refractivity contribution in [3.63, 3.8) is 0 Å². The highest BCUT2D eigenvalue weighted by molar-refractivity contribution is 5.83. The average Bonchev–Trinajstić information content (AvgIpc) is 2.99. The number of amides is 1. The van der Waals surface area contributed by atoms with Crippen LogP contribution in [-0.2, 0) is 11.3 Å². The van der Waals surface area contributed by atoms with Crippen LogP contribution in [0.15, 0.2) is 18.2 Å². The van der Waals surface area contributed by atoms with E-state index in [1.54, 1.807) is 0 Å². The number of benzene rings is 1. The number of rotatable bonds is 5. The molecule has 0 saturated carbocycles. The molecule has 2 aromatic rings. The third-order valence-corrected chi connectivity index (χ3v) is 4.91. The second-order valence-corrected chi connectivity index (χ2v) is 6.91. The quantitative estimate of drug-likeness (QED) is 0.593. The highest BCUT2D eigenvalue weighted by atomic mass is 19.3. The van der Waals surface area contributed by atoms with E-state index in [4.69, 9.17) is 5.73 Å². The minimum Gasteiger partial charge on any atom is -0.340 e. The maximum Gasteiger partial charge on any atom is 0.287 e. The van der Waals surface area contributed by atoms with E-state index in [0.717, 1.165) is 19.2 Å². The van der Waals surface area contributed by atoms with Gasteiger partial charge < -0.3 is 20.1 Å². The molecule has 2 N–H and O–H groups in total. The molecule has 0 radical (unpaired) electrons. The number of nitrogens with zero attached hydrogens (tertiary/aromatic N) is 4. The van der Waals surface area contributed by atoms with E-state index in [1.165, 1.54) is 15.5 Å². The maximum atomic E-state index is 13.7. The number of fused-ring (bicyclic) bond motifs is 1. The molecule has 1 saturated heterocycles. The molecule has 1 amide bonds. The fourth-order valence-corrected chi connectivity index (χ4v) is 3.15. The Morgan fingerprint density at radius 1 is 1.38 bits per heavy atom. The van der Waals surface area contributed by atoms with Gasteiger partial charge in [0.25, 0.3) is 12.3 Å². The summed E-state index contributed by atoms with van der Waals surface area (Å²) in [6.45, 7) is -1.02. The lowest BCUT2D eigenvalue weighted by atomic mass is 10.0. The number of hydrogen-bond donors (Lipinski definition) is 1. The fourth-order valence-electron chi connectivity index (χ4n) is 3.15. The molecule has 1 aromatic heterocycles. The van der Waals surface area contributed by atoms with Crippen LogP contribution in [0.3, 0.4) is 0 Å². The van der Waals surface area contributed by atoms with Crippen molar-refractivity contribution in [2.24, 2.45) is 5.73 Å². The van der Waals surface area contributed by atoms with Crippen molar-refractivity contribution in [3.05, 3.63) is 24.0 Å². The number of halogens is 6. The van der Waals surface area contributed by atoms with Gasteiger partial charge in [-0.1, -0.05) is 0 Å². The number of imidazole rings is 1. The Balaban J connectivity index is 1.97. The predicted molar refractivity (Wildman–Crippen MR) is 93.1 cm³/mol. The first-order chi connectivity index (χ1) is 13.5. The molecule has 1 fully saturated rings. The monoisotopic (exact) mass is 423 g/mol. The Hall–Kier alpha value is -2.50. The number of nitrogens with two attached hydrogens (primary N) is 1. The number of carbonyl (C=O) groups excluding carboxylic acids is 1. The standard InChI is InChI=1S/C17H19F6N5O/c1-26(15(21)14(19)20)13(29)8-28-11-3-2-9(18)6-10(11)25-16(28)27-5-4-17(22,23)12(24)7-27/h2-3,6,12,14-15H,4-5,7-8,24H2,1H3. The first-order valence-corrected chi connectivity index (χ1v) is 8.73. The molecular weight excluding hydrogens is 404 g/mol. The van der Waals surface area contributed by atoms with Crippen LogP contribution in [0.1, 0.15) is 6.42 Å². The highest BCUT2D eigenvalue weighted by Gasteiger charge is 2.43. The van der Waals surface area contributed by atoms with Gasteiger partial charge in [-0.15, -0.1) is 0 Å². The van der Waals surface area contributed by atoms with Gasteiger partial charge in [0.15, 0.2) is 0 Å². The van der Waals surface area contributed by atoms with Crippen molar-refractivity contribution in [1.82, 2.24) is 14.5 Å². The van der Waals surface area contributed by atoms with Crippen LogP contribution in [0.5, 0.6) is 0 Å². The molecule has 2 heterocycles. The third-order valence-electron chi connectivity index (χ3n) is 4.91. The Morgan fingerprint density at radius 3 is 2.69 bits per heavy atom. The van der Waals surface area contributed by atoms with Crippen LogP contribution in [-0.4, -0.2) is 65.2 Å². The van der Waals surface area contributed by atoms with E-state index in [0.29, 0.717) is 0 Å². The molecule has 1 aliphatic heterocycles. The number of alkyl halides is 5. The summed E-state index contributed by atoms with van der Waals surface area (Å²) < 4.78 is 81.0. The molecule has 3 rings (SSSR count). The molecule has 2 atom stereocenters. The zero-order valence-electron chi connectivity index (χ0n) is 15.3. The highest BCUT2D eigenvalue weighted by Crippen LogP contribution is 2.31. The van der Waals surface area contributed by atoms with E-state index in [-0.39, 0.29) is 35.0 Å². The number of carbonyl (C=O) groups is 1. The van der Waals surface area contributed by atoms with Gasteiger partial charge in [-0.3, -0.25) is 4.79 Å². The topological polar surface area (TPSA) is 67.4 Å². The SMILES string of the molecule is CN(C(=O)Cn1c(N2CCC(F)(F)C(N)C2)nc2cc(F)ccc21)C(F)C(F)F. The predicted octanol–water partition coefficient (Wildman–Crippen LogP) is 2.37. The summed E-state index contributed by atoms with van der Waals surface area (Å²) in [5.74, 6) is -4.63. The molecule has 6 nitrogen and oxygen atoms in total. The summed E-state index contributed by atoms with van der Waals surface area (Å²) in [5, 5.41) is 0. The number of anilines is 1. The van der Waals surface area contributed by atoms with Crippen LogP contribution in [0.2, 0.25) is 0 Å². The zero-order chi connectivity index (χ0) is 21.5. The van der Waals surface area contributed by atoms with Crippen molar-refractivity contribution < 1.29 is 31.1 Å². The normalized spacial score (nSPS) is 20.3. The smallest absolute Gasteiger partial charge is 0.287 e. The summed E-state index contributed by atoms with van der Waals surface area (Å²) in [6, 6.07) is 2.01. The van der Waals surface area contributed by atoms with Crippen molar-refractivity contribution in [3.8, 4) is 0 Å². The van der Waals surface area contributed by atoms with Crippen LogP contribution in [0.4, 0.5) is 32.3 Å². The van der Waals surface area contributed by atoms with Gasteiger partial charge in [-0.2, -0.15) is 0 Å². The summed E-state index contributed by atoms with van der Waals surface area (Å²) in [7, 11) is 0.884. The Bertz CT molecular complexity index is 904. The van der Waals surface area contributed by atoms with E-state index in [1.807, 2.05) is 0 Å². The van der Waals surface area contributed by atoms with Gasteiger partial charge in [0.2, 0.25) is 18.2 Å². The lowest BCUT2D eigenvalue weighted by Crippen LogP contribution is -2.56. The molecule has 12 heteroatoms. The largest absolute Gasteiger partial charge is 0.340 e. The lowest BCUT2D eigenvalue weighted by Gasteiger charge is -2.37. The summed E-state index contributed by atoms with van der Waals surface area (Å²) >= 11 is 0. The number of piperidine rings is 1. The number of likely N-dealkylation sites (N-methyl/N-ethyl adjacent to an activating group) is 1. The summed E-state index contributed by atoms with van der Waals surface area (Å²) in [6.07, 6.45) is -6.75. The van der Waals surface area contributed by atoms with E-state index >= 15 is 0 Å². The van der Waals surface area contributed by atoms with Crippen LogP contribution >= 0.6 is 0 Å². The first-order valence-electron chi connectivity index (χ1n) is 8.73. The third kappa shape index (κ3) is 4.11. The average molecular weight is 423 g/mol. The van der Waals surface area contributed by atoms with Gasteiger partial charge in [0.05, 0.1) is 17.1 Å². The Kier molecular flexibility index (Phi) is 5.65. The second-order valence-electron chi connectivity index (χ2n) is 6.91. The lowest BCUT2D eigenvalue weighted by molar-refractivity contribution is -0.142. The summed E-state index contributed by atoms with van der Waals surface area (Å²) in [5.41, 5.74) is 5.93. The first kappa shape index (κ1) is 21.2. The molecule has 160 valence electrons. The zero-order valence-corrected chi connectivity index (χ0v) is 15.3. The van der Waals surface area contributed by atoms with Crippen LogP contribution < -0.4 is 10.6 Å². The Morgan fingerprint density at radius 2 is 2.07 bits per heavy atom. The molecule has 29 heavy (non-hydrogen) atoms. The molecule has 0 bridgehead atoms. The molecule has 1 aliphatic rings. The van der Waals surface area contributed by atoms with Gasteiger partial charge in [0, 0.05) is 32.6 Å². The molecule has 0 aliphatic carbocycles. The molecule has 2 unspecified atom stereocenters. The van der Waals surface area contributed by atoms with Gasteiger partial charge in [-0.25, -0.2) is 31.3 Å². The van der Waals surface area contributed by atoms with Crippen molar-refractivity contribution >= 4 is 22.9 Å². The molecule has 0 spiro atoms. The second kappa shape index (κ2) is 7.73. The van der Waals surface area contributed by atoms with E-state index < -0.39 is 49.4 Å². The number of hydrogen-bond acceptors (Lipinski definition) is 4. The van der Waals surface area contributed by atoms with Crippen LogP contribution in [0.25, 0.3) is 11.0 Å². The molecular formula is C17H19F6N5O. The fraction of sp³-hybridized carbons (Fsp3) is 0.529. The van der Waals surface area contributed by atoms with Crippen molar-refractivity contribution in [1.29, 1.82) is 0 Å².